The lowest BCUT2D eigenvalue weighted by atomic mass is 10.2. The van der Waals surface area contributed by atoms with Crippen molar-refractivity contribution in [3.05, 3.63) is 70.8 Å². The highest BCUT2D eigenvalue weighted by Gasteiger charge is 2.20. The third-order valence-electron chi connectivity index (χ3n) is 3.86. The normalized spacial score (nSPS) is 11.0. The van der Waals surface area contributed by atoms with Gasteiger partial charge in [-0.25, -0.2) is 4.99 Å². The van der Waals surface area contributed by atoms with E-state index in [1.54, 1.807) is 6.21 Å². The molecule has 2 N–H and O–H groups in total. The number of hydrogen-bond donors (Lipinski definition) is 2. The van der Waals surface area contributed by atoms with Gasteiger partial charge in [0.15, 0.2) is 5.82 Å². The van der Waals surface area contributed by atoms with Crippen LogP contribution in [-0.4, -0.2) is 28.6 Å². The summed E-state index contributed by atoms with van der Waals surface area (Å²) in [6, 6.07) is 15.7. The van der Waals surface area contributed by atoms with Crippen LogP contribution in [0.15, 0.2) is 58.5 Å². The lowest BCUT2D eigenvalue weighted by molar-refractivity contribution is 0.102. The van der Waals surface area contributed by atoms with E-state index in [1.165, 1.54) is 17.3 Å². The van der Waals surface area contributed by atoms with Crippen LogP contribution >= 0.6 is 11.8 Å². The Kier molecular flexibility index (Phi) is 5.53. The van der Waals surface area contributed by atoms with Crippen molar-refractivity contribution in [1.82, 2.24) is 10.2 Å². The number of thioether (sulfide) groups is 1. The fourth-order valence-electron chi connectivity index (χ4n) is 2.38. The number of aryl methyl sites for hydroxylation is 2. The number of carbonyl (C=O) groups excluding carboxylic acids is 1. The van der Waals surface area contributed by atoms with Crippen LogP contribution in [-0.2, 0) is 0 Å². The molecule has 0 aliphatic heterocycles. The molecule has 0 saturated heterocycles. The van der Waals surface area contributed by atoms with Gasteiger partial charge in [-0.05, 0) is 37.8 Å². The maximum Gasteiger partial charge on any atom is 0.262 e. The van der Waals surface area contributed by atoms with E-state index in [1.807, 2.05) is 68.6 Å². The predicted molar refractivity (Wildman–Crippen MR) is 108 cm³/mol. The summed E-state index contributed by atoms with van der Waals surface area (Å²) in [5.41, 5.74) is 4.47. The van der Waals surface area contributed by atoms with Crippen molar-refractivity contribution in [2.45, 2.75) is 18.9 Å². The standard InChI is InChI=1S/C20H20N4OS/c1-13-4-8-15(9-5-13)12-21-18-17(20(26-3)24-23-18)19(25)22-16-10-6-14(2)7-11-16/h4-12H,1-3H3,(H,22,25)(H,23,24)/b21-12+. The molecule has 0 aliphatic carbocycles. The quantitative estimate of drug-likeness (QED) is 0.507. The van der Waals surface area contributed by atoms with E-state index in [-0.39, 0.29) is 5.91 Å². The van der Waals surface area contributed by atoms with Gasteiger partial charge < -0.3 is 5.32 Å². The van der Waals surface area contributed by atoms with Gasteiger partial charge in [-0.3, -0.25) is 9.89 Å². The van der Waals surface area contributed by atoms with Crippen LogP contribution in [0.2, 0.25) is 0 Å². The van der Waals surface area contributed by atoms with Crippen LogP contribution in [0.25, 0.3) is 0 Å². The number of amides is 1. The van der Waals surface area contributed by atoms with E-state index in [0.29, 0.717) is 16.4 Å². The molecule has 0 bridgehead atoms. The number of nitrogens with one attached hydrogen (secondary N) is 2. The Morgan fingerprint density at radius 2 is 1.69 bits per heavy atom. The van der Waals surface area contributed by atoms with Crippen molar-refractivity contribution in [1.29, 1.82) is 0 Å². The van der Waals surface area contributed by atoms with E-state index in [9.17, 15) is 4.79 Å². The number of carbonyl (C=O) groups is 1. The minimum atomic E-state index is -0.233. The summed E-state index contributed by atoms with van der Waals surface area (Å²) < 4.78 is 0. The second-order valence-electron chi connectivity index (χ2n) is 5.95. The summed E-state index contributed by atoms with van der Waals surface area (Å²) in [6.45, 7) is 4.04. The molecule has 0 saturated carbocycles. The summed E-state index contributed by atoms with van der Waals surface area (Å²) >= 11 is 1.40. The van der Waals surface area contributed by atoms with E-state index in [2.05, 4.69) is 20.5 Å². The molecule has 3 rings (SSSR count). The Hall–Kier alpha value is -2.86. The zero-order valence-electron chi connectivity index (χ0n) is 14.9. The van der Waals surface area contributed by atoms with E-state index in [4.69, 9.17) is 0 Å². The van der Waals surface area contributed by atoms with Crippen LogP contribution in [0, 0.1) is 13.8 Å². The van der Waals surface area contributed by atoms with Gasteiger partial charge in [-0.15, -0.1) is 11.8 Å². The summed E-state index contributed by atoms with van der Waals surface area (Å²) in [4.78, 5) is 17.2. The molecule has 3 aromatic rings. The molecule has 132 valence electrons. The van der Waals surface area contributed by atoms with Gasteiger partial charge in [-0.1, -0.05) is 47.5 Å². The topological polar surface area (TPSA) is 70.1 Å². The number of aliphatic imine (C=N–C) groups is 1. The number of aromatic amines is 1. The molecule has 0 unspecified atom stereocenters. The molecule has 1 aromatic heterocycles. The Bertz CT molecular complexity index is 927. The van der Waals surface area contributed by atoms with Crippen molar-refractivity contribution >= 4 is 35.4 Å². The highest BCUT2D eigenvalue weighted by Crippen LogP contribution is 2.27. The SMILES string of the molecule is CSc1n[nH]c(/N=C/c2ccc(C)cc2)c1C(=O)Nc1ccc(C)cc1. The zero-order valence-corrected chi connectivity index (χ0v) is 15.7. The van der Waals surface area contributed by atoms with Gasteiger partial charge in [0.1, 0.15) is 10.6 Å². The molecule has 0 fully saturated rings. The van der Waals surface area contributed by atoms with Gasteiger partial charge in [0.05, 0.1) is 0 Å². The molecule has 0 spiro atoms. The van der Waals surface area contributed by atoms with Gasteiger partial charge in [0.25, 0.3) is 5.91 Å². The smallest absolute Gasteiger partial charge is 0.262 e. The largest absolute Gasteiger partial charge is 0.322 e. The third kappa shape index (κ3) is 4.21. The fourth-order valence-corrected chi connectivity index (χ4v) is 2.92. The first kappa shape index (κ1) is 17.9. The maximum atomic E-state index is 12.8. The van der Waals surface area contributed by atoms with Gasteiger partial charge in [-0.2, -0.15) is 5.10 Å². The highest BCUT2D eigenvalue weighted by atomic mass is 32.2. The number of benzene rings is 2. The van der Waals surface area contributed by atoms with Crippen LogP contribution < -0.4 is 5.32 Å². The zero-order chi connectivity index (χ0) is 18.5. The van der Waals surface area contributed by atoms with E-state index >= 15 is 0 Å². The van der Waals surface area contributed by atoms with Crippen LogP contribution in [0.4, 0.5) is 11.5 Å². The Morgan fingerprint density at radius 1 is 1.08 bits per heavy atom. The van der Waals surface area contributed by atoms with E-state index < -0.39 is 0 Å². The number of H-pyrrole nitrogens is 1. The minimum absolute atomic E-state index is 0.233. The molecular weight excluding hydrogens is 344 g/mol. The first-order chi connectivity index (χ1) is 12.6. The van der Waals surface area contributed by atoms with E-state index in [0.717, 1.165) is 16.8 Å². The molecule has 26 heavy (non-hydrogen) atoms. The summed E-state index contributed by atoms with van der Waals surface area (Å²) in [5, 5.41) is 10.6. The summed E-state index contributed by atoms with van der Waals surface area (Å²) in [6.07, 6.45) is 3.60. The number of hydrogen-bond acceptors (Lipinski definition) is 4. The van der Waals surface area contributed by atoms with Gasteiger partial charge >= 0.3 is 0 Å². The second kappa shape index (κ2) is 8.01. The average molecular weight is 364 g/mol. The van der Waals surface area contributed by atoms with Crippen molar-refractivity contribution in [3.63, 3.8) is 0 Å². The molecule has 6 heteroatoms. The second-order valence-corrected chi connectivity index (χ2v) is 6.74. The Morgan fingerprint density at radius 3 is 2.31 bits per heavy atom. The first-order valence-electron chi connectivity index (χ1n) is 8.18. The van der Waals surface area contributed by atoms with Crippen LogP contribution in [0.3, 0.4) is 0 Å². The summed E-state index contributed by atoms with van der Waals surface area (Å²) in [7, 11) is 0. The molecule has 5 nitrogen and oxygen atoms in total. The number of anilines is 1. The maximum absolute atomic E-state index is 12.8. The lowest BCUT2D eigenvalue weighted by Crippen LogP contribution is -2.12. The molecule has 1 amide bonds. The highest BCUT2D eigenvalue weighted by molar-refractivity contribution is 7.98. The molecular formula is C20H20N4OS. The first-order valence-corrected chi connectivity index (χ1v) is 9.40. The predicted octanol–water partition coefficient (Wildman–Crippen LogP) is 4.75. The number of rotatable bonds is 5. The van der Waals surface area contributed by atoms with Crippen molar-refractivity contribution in [2.75, 3.05) is 11.6 Å². The van der Waals surface area contributed by atoms with Crippen LogP contribution in [0.1, 0.15) is 27.0 Å². The van der Waals surface area contributed by atoms with Crippen molar-refractivity contribution < 1.29 is 4.79 Å². The van der Waals surface area contributed by atoms with Crippen molar-refractivity contribution in [2.24, 2.45) is 4.99 Å². The molecule has 0 aliphatic rings. The molecule has 0 radical (unpaired) electrons. The fraction of sp³-hybridized carbons (Fsp3) is 0.150. The van der Waals surface area contributed by atoms with Gasteiger partial charge in [0.2, 0.25) is 0 Å². The van der Waals surface area contributed by atoms with Crippen molar-refractivity contribution in [3.8, 4) is 0 Å². The minimum Gasteiger partial charge on any atom is -0.322 e. The number of aromatic nitrogens is 2. The number of nitrogens with zero attached hydrogens (tertiary/aromatic N) is 2. The Balaban J connectivity index is 1.85. The summed E-state index contributed by atoms with van der Waals surface area (Å²) in [5.74, 6) is 0.211. The molecule has 1 heterocycles. The molecule has 0 atom stereocenters. The third-order valence-corrected chi connectivity index (χ3v) is 4.55. The lowest BCUT2D eigenvalue weighted by Gasteiger charge is -2.06. The Labute approximate surface area is 156 Å². The van der Waals surface area contributed by atoms with Crippen LogP contribution in [0.5, 0.6) is 0 Å². The average Bonchev–Trinajstić information content (AvgIpc) is 3.06. The van der Waals surface area contributed by atoms with Gasteiger partial charge in [0, 0.05) is 11.9 Å². The monoisotopic (exact) mass is 364 g/mol. The molecule has 2 aromatic carbocycles.